The second-order valence-electron chi connectivity index (χ2n) is 12.2. The van der Waals surface area contributed by atoms with E-state index in [2.05, 4.69) is 149 Å². The van der Waals surface area contributed by atoms with Gasteiger partial charge >= 0.3 is 0 Å². The predicted octanol–water partition coefficient (Wildman–Crippen LogP) is 10.2. The molecular formula is C43H33N3. The molecule has 5 aromatic carbocycles. The maximum Gasteiger partial charge on any atom is 0.126 e. The Morgan fingerprint density at radius 1 is 0.435 bits per heavy atom. The van der Waals surface area contributed by atoms with Gasteiger partial charge in [-0.2, -0.15) is 0 Å². The molecule has 3 heteroatoms. The Kier molecular flexibility index (Phi) is 6.69. The van der Waals surface area contributed by atoms with E-state index in [4.69, 9.17) is 4.98 Å². The minimum Gasteiger partial charge on any atom is -0.262 e. The second kappa shape index (κ2) is 11.0. The molecule has 0 aliphatic heterocycles. The van der Waals surface area contributed by atoms with E-state index in [1.807, 2.05) is 27.0 Å². The summed E-state index contributed by atoms with van der Waals surface area (Å²) in [5, 5.41) is 0. The largest absolute Gasteiger partial charge is 0.262 e. The number of nitrogens with zero attached hydrogens (tertiary/aromatic N) is 3. The predicted molar refractivity (Wildman–Crippen MR) is 188 cm³/mol. The lowest BCUT2D eigenvalue weighted by atomic mass is 9.67. The highest BCUT2D eigenvalue weighted by molar-refractivity contribution is 5.87. The highest BCUT2D eigenvalue weighted by atomic mass is 14.9. The van der Waals surface area contributed by atoms with Crippen LogP contribution >= 0.6 is 0 Å². The minimum absolute atomic E-state index is 0.518. The molecule has 7 aromatic rings. The molecule has 1 aliphatic carbocycles. The Bertz CT molecular complexity index is 2200. The summed E-state index contributed by atoms with van der Waals surface area (Å²) < 4.78 is 0. The fourth-order valence-electron chi connectivity index (χ4n) is 7.34. The summed E-state index contributed by atoms with van der Waals surface area (Å²) in [6.07, 6.45) is 1.88. The quantitative estimate of drug-likeness (QED) is 0.200. The van der Waals surface area contributed by atoms with Crippen LogP contribution in [-0.4, -0.2) is 15.0 Å². The Balaban J connectivity index is 1.37. The van der Waals surface area contributed by atoms with Crippen molar-refractivity contribution >= 4 is 0 Å². The van der Waals surface area contributed by atoms with Gasteiger partial charge in [0.05, 0.1) is 11.1 Å². The van der Waals surface area contributed by atoms with Gasteiger partial charge < -0.3 is 0 Å². The lowest BCUT2D eigenvalue weighted by molar-refractivity contribution is 0.769. The summed E-state index contributed by atoms with van der Waals surface area (Å²) in [6.45, 7) is 6.03. The Labute approximate surface area is 270 Å². The first-order chi connectivity index (χ1) is 22.5. The van der Waals surface area contributed by atoms with Crippen molar-refractivity contribution in [1.82, 2.24) is 15.0 Å². The maximum absolute atomic E-state index is 4.83. The van der Waals surface area contributed by atoms with Crippen molar-refractivity contribution in [3.63, 3.8) is 0 Å². The zero-order chi connectivity index (χ0) is 31.3. The molecule has 0 unspecified atom stereocenters. The number of hydrogen-bond acceptors (Lipinski definition) is 3. The lowest BCUT2D eigenvalue weighted by Crippen LogP contribution is -2.28. The summed E-state index contributed by atoms with van der Waals surface area (Å²) >= 11 is 0. The standard InChI is InChI=1S/C43H33N3/c1-28-23-34(21-22-44-28)32-12-8-11-31(25-32)33-13-9-15-36(26-33)43(40-19-6-4-17-38(40)39-18-5-7-20-41(39)43)37-16-10-14-35(27-37)42-24-29(2)45-30(3)46-42/h4-27H,1-3H3. The van der Waals surface area contributed by atoms with E-state index in [9.17, 15) is 0 Å². The van der Waals surface area contributed by atoms with E-state index in [1.54, 1.807) is 0 Å². The third-order valence-electron chi connectivity index (χ3n) is 9.23. The van der Waals surface area contributed by atoms with Gasteiger partial charge in [0, 0.05) is 23.1 Å². The van der Waals surface area contributed by atoms with Gasteiger partial charge in [-0.05, 0) is 113 Å². The van der Waals surface area contributed by atoms with Gasteiger partial charge in [0.25, 0.3) is 0 Å². The first-order valence-corrected chi connectivity index (χ1v) is 15.8. The summed E-state index contributed by atoms with van der Waals surface area (Å²) in [6, 6.07) is 51.0. The maximum atomic E-state index is 4.83. The molecule has 0 bridgehead atoms. The van der Waals surface area contributed by atoms with Crippen LogP contribution in [0.15, 0.2) is 146 Å². The normalized spacial score (nSPS) is 12.8. The van der Waals surface area contributed by atoms with Crippen LogP contribution in [0.5, 0.6) is 0 Å². The molecule has 2 heterocycles. The van der Waals surface area contributed by atoms with E-state index in [-0.39, 0.29) is 0 Å². The topological polar surface area (TPSA) is 38.7 Å². The van der Waals surface area contributed by atoms with Crippen LogP contribution in [0.1, 0.15) is 39.5 Å². The molecule has 1 aliphatic rings. The molecule has 220 valence electrons. The van der Waals surface area contributed by atoms with Crippen LogP contribution in [0.3, 0.4) is 0 Å². The molecule has 0 saturated heterocycles. The molecule has 3 nitrogen and oxygen atoms in total. The van der Waals surface area contributed by atoms with E-state index < -0.39 is 5.41 Å². The van der Waals surface area contributed by atoms with Crippen molar-refractivity contribution in [2.45, 2.75) is 26.2 Å². The van der Waals surface area contributed by atoms with Crippen LogP contribution in [0.4, 0.5) is 0 Å². The fourth-order valence-corrected chi connectivity index (χ4v) is 7.34. The third kappa shape index (κ3) is 4.55. The minimum atomic E-state index is -0.518. The van der Waals surface area contributed by atoms with Crippen molar-refractivity contribution in [3.05, 3.63) is 185 Å². The molecule has 0 saturated carbocycles. The number of rotatable bonds is 5. The molecule has 46 heavy (non-hydrogen) atoms. The first-order valence-electron chi connectivity index (χ1n) is 15.8. The zero-order valence-corrected chi connectivity index (χ0v) is 26.2. The summed E-state index contributed by atoms with van der Waals surface area (Å²) in [7, 11) is 0. The number of pyridine rings is 1. The van der Waals surface area contributed by atoms with Crippen LogP contribution in [0.2, 0.25) is 0 Å². The fraction of sp³-hybridized carbons (Fsp3) is 0.0930. The van der Waals surface area contributed by atoms with Crippen molar-refractivity contribution in [2.24, 2.45) is 0 Å². The van der Waals surface area contributed by atoms with Crippen LogP contribution < -0.4 is 0 Å². The molecule has 8 rings (SSSR count). The number of hydrogen-bond donors (Lipinski definition) is 0. The first kappa shape index (κ1) is 27.8. The summed E-state index contributed by atoms with van der Waals surface area (Å²) in [5.41, 5.74) is 15.8. The van der Waals surface area contributed by atoms with Gasteiger partial charge in [-0.3, -0.25) is 4.98 Å². The van der Waals surface area contributed by atoms with Crippen LogP contribution in [0, 0.1) is 20.8 Å². The van der Waals surface area contributed by atoms with Gasteiger partial charge in [0.1, 0.15) is 5.82 Å². The van der Waals surface area contributed by atoms with Crippen molar-refractivity contribution < 1.29 is 0 Å². The van der Waals surface area contributed by atoms with Crippen LogP contribution in [0.25, 0.3) is 44.6 Å². The monoisotopic (exact) mass is 591 g/mol. The molecule has 0 fully saturated rings. The Morgan fingerprint density at radius 3 is 1.61 bits per heavy atom. The number of aromatic nitrogens is 3. The molecule has 2 aromatic heterocycles. The van der Waals surface area contributed by atoms with Crippen molar-refractivity contribution in [2.75, 3.05) is 0 Å². The Hall–Kier alpha value is -5.67. The lowest BCUT2D eigenvalue weighted by Gasteiger charge is -2.34. The number of aryl methyl sites for hydroxylation is 3. The summed E-state index contributed by atoms with van der Waals surface area (Å²) in [5.74, 6) is 0.781. The number of benzene rings is 5. The molecule has 0 atom stereocenters. The third-order valence-corrected chi connectivity index (χ3v) is 9.23. The molecule has 0 radical (unpaired) electrons. The number of fused-ring (bicyclic) bond motifs is 3. The molecular weight excluding hydrogens is 558 g/mol. The molecule has 0 spiro atoms. The highest BCUT2D eigenvalue weighted by Gasteiger charge is 2.46. The second-order valence-corrected chi connectivity index (χ2v) is 12.2. The van der Waals surface area contributed by atoms with Gasteiger partial charge in [-0.1, -0.05) is 103 Å². The van der Waals surface area contributed by atoms with E-state index in [1.165, 1.54) is 55.6 Å². The van der Waals surface area contributed by atoms with Crippen molar-refractivity contribution in [1.29, 1.82) is 0 Å². The average molecular weight is 592 g/mol. The smallest absolute Gasteiger partial charge is 0.126 e. The van der Waals surface area contributed by atoms with Gasteiger partial charge in [0.2, 0.25) is 0 Å². The van der Waals surface area contributed by atoms with Gasteiger partial charge in [-0.25, -0.2) is 9.97 Å². The van der Waals surface area contributed by atoms with Crippen molar-refractivity contribution in [3.8, 4) is 44.6 Å². The summed E-state index contributed by atoms with van der Waals surface area (Å²) in [4.78, 5) is 13.8. The molecule has 0 N–H and O–H groups in total. The van der Waals surface area contributed by atoms with E-state index in [0.717, 1.165) is 28.5 Å². The Morgan fingerprint density at radius 2 is 0.978 bits per heavy atom. The SMILES string of the molecule is Cc1cc(-c2cccc(-c3cccc(C4(c5cccc(-c6cc(C)nc(C)n6)c5)c5ccccc5-c5ccccc54)c3)c2)ccn1. The van der Waals surface area contributed by atoms with Gasteiger partial charge in [0.15, 0.2) is 0 Å². The molecule has 0 amide bonds. The highest BCUT2D eigenvalue weighted by Crippen LogP contribution is 2.56. The van der Waals surface area contributed by atoms with Gasteiger partial charge in [-0.15, -0.1) is 0 Å². The average Bonchev–Trinajstić information content (AvgIpc) is 3.39. The zero-order valence-electron chi connectivity index (χ0n) is 26.2. The van der Waals surface area contributed by atoms with Crippen LogP contribution in [-0.2, 0) is 5.41 Å². The van der Waals surface area contributed by atoms with E-state index >= 15 is 0 Å². The van der Waals surface area contributed by atoms with E-state index in [0.29, 0.717) is 0 Å².